The van der Waals surface area contributed by atoms with Gasteiger partial charge in [-0.05, 0) is 25.8 Å². The van der Waals surface area contributed by atoms with Gasteiger partial charge in [-0.25, -0.2) is 9.97 Å². The molecular formula is C10H16N4O. The molecule has 0 aliphatic carbocycles. The van der Waals surface area contributed by atoms with Crippen LogP contribution in [0.4, 0.5) is 5.95 Å². The van der Waals surface area contributed by atoms with Crippen LogP contribution in [-0.4, -0.2) is 23.3 Å². The number of hydrogen-bond donors (Lipinski definition) is 2. The van der Waals surface area contributed by atoms with Crippen LogP contribution in [0.15, 0.2) is 6.07 Å². The van der Waals surface area contributed by atoms with E-state index in [2.05, 4.69) is 15.3 Å². The number of aryl methyl sites for hydroxylation is 1. The zero-order chi connectivity index (χ0) is 10.7. The maximum Gasteiger partial charge on any atom is 0.220 e. The molecule has 0 aromatic carbocycles. The third kappa shape index (κ3) is 2.64. The topological polar surface area (TPSA) is 73.1 Å². The van der Waals surface area contributed by atoms with Crippen LogP contribution < -0.4 is 11.1 Å². The number of rotatable bonds is 1. The second-order valence-electron chi connectivity index (χ2n) is 3.74. The summed E-state index contributed by atoms with van der Waals surface area (Å²) in [7, 11) is 0. The Morgan fingerprint density at radius 3 is 3.20 bits per heavy atom. The molecular weight excluding hydrogens is 192 g/mol. The maximum absolute atomic E-state index is 5.62. The fourth-order valence-electron chi connectivity index (χ4n) is 1.77. The molecule has 0 amide bonds. The summed E-state index contributed by atoms with van der Waals surface area (Å²) in [5.41, 5.74) is 7.49. The zero-order valence-electron chi connectivity index (χ0n) is 8.86. The second kappa shape index (κ2) is 4.55. The van der Waals surface area contributed by atoms with E-state index in [0.29, 0.717) is 12.7 Å². The van der Waals surface area contributed by atoms with E-state index in [1.165, 1.54) is 0 Å². The van der Waals surface area contributed by atoms with Gasteiger partial charge in [0.25, 0.3) is 0 Å². The summed E-state index contributed by atoms with van der Waals surface area (Å²) >= 11 is 0. The van der Waals surface area contributed by atoms with Crippen LogP contribution in [0, 0.1) is 6.92 Å². The van der Waals surface area contributed by atoms with Gasteiger partial charge in [0, 0.05) is 12.3 Å². The van der Waals surface area contributed by atoms with Gasteiger partial charge in [-0.1, -0.05) is 0 Å². The zero-order valence-corrected chi connectivity index (χ0v) is 8.86. The molecule has 1 atom stereocenters. The minimum atomic E-state index is 0.233. The van der Waals surface area contributed by atoms with Crippen molar-refractivity contribution in [2.75, 3.05) is 19.1 Å². The quantitative estimate of drug-likeness (QED) is 0.713. The predicted molar refractivity (Wildman–Crippen MR) is 57.1 cm³/mol. The summed E-state index contributed by atoms with van der Waals surface area (Å²) in [5.74, 6) is 0.344. The van der Waals surface area contributed by atoms with Gasteiger partial charge < -0.3 is 10.5 Å². The van der Waals surface area contributed by atoms with Crippen molar-refractivity contribution in [2.45, 2.75) is 25.8 Å². The van der Waals surface area contributed by atoms with E-state index >= 15 is 0 Å². The lowest BCUT2D eigenvalue weighted by atomic mass is 10.1. The highest BCUT2D eigenvalue weighted by molar-refractivity contribution is 5.23. The van der Waals surface area contributed by atoms with Crippen LogP contribution in [0.1, 0.15) is 30.3 Å². The molecule has 1 aliphatic heterocycles. The molecule has 0 bridgehead atoms. The summed E-state index contributed by atoms with van der Waals surface area (Å²) in [6, 6.07) is 2.20. The number of aromatic nitrogens is 2. The fraction of sp³-hybridized carbons (Fsp3) is 0.600. The van der Waals surface area contributed by atoms with Gasteiger partial charge >= 0.3 is 0 Å². The Hall–Kier alpha value is -1.20. The first-order valence-electron chi connectivity index (χ1n) is 5.18. The first kappa shape index (κ1) is 10.3. The largest absolute Gasteiger partial charge is 0.368 e. The SMILES string of the molecule is Cc1cc(C2CCCOCN2)nc(N)n1. The van der Waals surface area contributed by atoms with Gasteiger partial charge in [-0.3, -0.25) is 5.32 Å². The summed E-state index contributed by atoms with van der Waals surface area (Å²) < 4.78 is 5.32. The van der Waals surface area contributed by atoms with Gasteiger partial charge in [0.15, 0.2) is 0 Å². The van der Waals surface area contributed by atoms with Crippen molar-refractivity contribution in [1.29, 1.82) is 0 Å². The highest BCUT2D eigenvalue weighted by Gasteiger charge is 2.15. The number of anilines is 1. The molecule has 2 heterocycles. The lowest BCUT2D eigenvalue weighted by molar-refractivity contribution is 0.128. The van der Waals surface area contributed by atoms with Crippen molar-refractivity contribution in [3.63, 3.8) is 0 Å². The van der Waals surface area contributed by atoms with Gasteiger partial charge in [0.1, 0.15) is 0 Å². The van der Waals surface area contributed by atoms with E-state index in [1.807, 2.05) is 13.0 Å². The lowest BCUT2D eigenvalue weighted by Crippen LogP contribution is -2.22. The standard InChI is InChI=1S/C10H16N4O/c1-7-5-9(14-10(11)13-7)8-3-2-4-15-6-12-8/h5,8,12H,2-4,6H2,1H3,(H2,11,13,14). The first-order valence-corrected chi connectivity index (χ1v) is 5.18. The van der Waals surface area contributed by atoms with Crippen LogP contribution in [0.3, 0.4) is 0 Å². The molecule has 2 rings (SSSR count). The molecule has 0 radical (unpaired) electrons. The average Bonchev–Trinajstić information content (AvgIpc) is 2.43. The number of nitrogen functional groups attached to an aromatic ring is 1. The molecule has 1 saturated heterocycles. The van der Waals surface area contributed by atoms with Gasteiger partial charge in [-0.15, -0.1) is 0 Å². The highest BCUT2D eigenvalue weighted by atomic mass is 16.5. The third-order valence-electron chi connectivity index (χ3n) is 2.46. The van der Waals surface area contributed by atoms with Crippen molar-refractivity contribution in [3.8, 4) is 0 Å². The number of ether oxygens (including phenoxy) is 1. The summed E-state index contributed by atoms with van der Waals surface area (Å²) in [5, 5.41) is 3.28. The molecule has 5 nitrogen and oxygen atoms in total. The Bertz CT molecular complexity index is 314. The van der Waals surface area contributed by atoms with E-state index in [4.69, 9.17) is 10.5 Å². The molecule has 1 aliphatic rings. The molecule has 0 saturated carbocycles. The maximum atomic E-state index is 5.62. The van der Waals surface area contributed by atoms with Crippen molar-refractivity contribution in [2.24, 2.45) is 0 Å². The Labute approximate surface area is 89.1 Å². The lowest BCUT2D eigenvalue weighted by Gasteiger charge is -2.14. The van der Waals surface area contributed by atoms with Crippen molar-refractivity contribution in [1.82, 2.24) is 15.3 Å². The Morgan fingerprint density at radius 2 is 2.40 bits per heavy atom. The first-order chi connectivity index (χ1) is 7.25. The Kier molecular flexibility index (Phi) is 3.13. The van der Waals surface area contributed by atoms with Crippen LogP contribution in [0.2, 0.25) is 0 Å². The third-order valence-corrected chi connectivity index (χ3v) is 2.46. The van der Waals surface area contributed by atoms with Crippen molar-refractivity contribution in [3.05, 3.63) is 17.5 Å². The normalized spacial score (nSPS) is 22.3. The average molecular weight is 208 g/mol. The molecule has 1 unspecified atom stereocenters. The van der Waals surface area contributed by atoms with E-state index in [1.54, 1.807) is 0 Å². The molecule has 1 aromatic heterocycles. The Morgan fingerprint density at radius 1 is 1.53 bits per heavy atom. The van der Waals surface area contributed by atoms with Crippen LogP contribution in [0.25, 0.3) is 0 Å². The van der Waals surface area contributed by atoms with Gasteiger partial charge in [-0.2, -0.15) is 0 Å². The van der Waals surface area contributed by atoms with Crippen molar-refractivity contribution < 1.29 is 4.74 Å². The number of nitrogens with two attached hydrogens (primary N) is 1. The van der Waals surface area contributed by atoms with Crippen LogP contribution in [0.5, 0.6) is 0 Å². The molecule has 15 heavy (non-hydrogen) atoms. The summed E-state index contributed by atoms with van der Waals surface area (Å²) in [6.45, 7) is 3.31. The smallest absolute Gasteiger partial charge is 0.220 e. The van der Waals surface area contributed by atoms with Crippen LogP contribution in [-0.2, 0) is 4.74 Å². The van der Waals surface area contributed by atoms with Crippen molar-refractivity contribution >= 4 is 5.95 Å². The molecule has 5 heteroatoms. The molecule has 1 fully saturated rings. The highest BCUT2D eigenvalue weighted by Crippen LogP contribution is 2.19. The second-order valence-corrected chi connectivity index (χ2v) is 3.74. The summed E-state index contributed by atoms with van der Waals surface area (Å²) in [6.07, 6.45) is 2.07. The van der Waals surface area contributed by atoms with Gasteiger partial charge in [0.05, 0.1) is 18.5 Å². The monoisotopic (exact) mass is 208 g/mol. The van der Waals surface area contributed by atoms with Gasteiger partial charge in [0.2, 0.25) is 5.95 Å². The Balaban J connectivity index is 2.19. The predicted octanol–water partition coefficient (Wildman–Crippen LogP) is 0.766. The molecule has 3 N–H and O–H groups in total. The number of hydrogen-bond acceptors (Lipinski definition) is 5. The van der Waals surface area contributed by atoms with E-state index in [0.717, 1.165) is 30.8 Å². The van der Waals surface area contributed by atoms with Crippen LogP contribution >= 0.6 is 0 Å². The molecule has 0 spiro atoms. The van der Waals surface area contributed by atoms with E-state index in [9.17, 15) is 0 Å². The van der Waals surface area contributed by atoms with E-state index < -0.39 is 0 Å². The molecule has 1 aromatic rings. The molecule has 82 valence electrons. The minimum Gasteiger partial charge on any atom is -0.368 e. The van der Waals surface area contributed by atoms with E-state index in [-0.39, 0.29) is 6.04 Å². The number of nitrogens with one attached hydrogen (secondary N) is 1. The fourth-order valence-corrected chi connectivity index (χ4v) is 1.77. The number of nitrogens with zero attached hydrogens (tertiary/aromatic N) is 2. The summed E-state index contributed by atoms with van der Waals surface area (Å²) in [4.78, 5) is 8.31. The minimum absolute atomic E-state index is 0.233.